The second-order valence-electron chi connectivity index (χ2n) is 5.15. The Labute approximate surface area is 158 Å². The highest BCUT2D eigenvalue weighted by Gasteiger charge is 2.09. The second-order valence-corrected chi connectivity index (χ2v) is 6.53. The molecule has 130 valence electrons. The van der Waals surface area contributed by atoms with Gasteiger partial charge in [-0.05, 0) is 59.5 Å². The summed E-state index contributed by atoms with van der Waals surface area (Å²) < 4.78 is 5.27. The van der Waals surface area contributed by atoms with Gasteiger partial charge in [0.15, 0.2) is 0 Å². The highest BCUT2D eigenvalue weighted by molar-refractivity contribution is 7.12. The average Bonchev–Trinajstić information content (AvgIpc) is 3.18. The number of hydrazone groups is 1. The van der Waals surface area contributed by atoms with Crippen LogP contribution in [0.15, 0.2) is 71.1 Å². The van der Waals surface area contributed by atoms with E-state index in [2.05, 4.69) is 10.5 Å². The first-order valence-corrected chi connectivity index (χ1v) is 8.82. The number of hydrogen-bond donors (Lipinski definition) is 1. The molecule has 0 spiro atoms. The zero-order valence-electron chi connectivity index (χ0n) is 13.4. The third kappa shape index (κ3) is 4.78. The number of benzene rings is 2. The topological polar surface area (TPSA) is 67.8 Å². The molecule has 0 radical (unpaired) electrons. The Kier molecular flexibility index (Phi) is 5.78. The van der Waals surface area contributed by atoms with Gasteiger partial charge in [-0.25, -0.2) is 10.2 Å². The van der Waals surface area contributed by atoms with Crippen LogP contribution in [0.4, 0.5) is 0 Å². The fourth-order valence-electron chi connectivity index (χ4n) is 2.03. The quantitative estimate of drug-likeness (QED) is 0.307. The van der Waals surface area contributed by atoms with Gasteiger partial charge < -0.3 is 4.74 Å². The lowest BCUT2D eigenvalue weighted by Crippen LogP contribution is -2.17. The van der Waals surface area contributed by atoms with Crippen LogP contribution in [-0.2, 0) is 0 Å². The fourth-order valence-corrected chi connectivity index (χ4v) is 2.82. The molecule has 3 aromatic rings. The lowest BCUT2D eigenvalue weighted by atomic mass is 10.2. The summed E-state index contributed by atoms with van der Waals surface area (Å²) in [6.45, 7) is 0. The molecule has 5 nitrogen and oxygen atoms in total. The SMILES string of the molecule is O=C(N/N=C\c1ccc(OC(=O)c2cccs2)cc1)c1cccc(Cl)c1. The van der Waals surface area contributed by atoms with Gasteiger partial charge in [0.2, 0.25) is 0 Å². The molecule has 0 fully saturated rings. The molecule has 0 saturated carbocycles. The van der Waals surface area contributed by atoms with Crippen molar-refractivity contribution in [2.24, 2.45) is 5.10 Å². The smallest absolute Gasteiger partial charge is 0.353 e. The molecule has 0 bridgehead atoms. The molecule has 0 aliphatic rings. The molecule has 1 N–H and O–H groups in total. The normalized spacial score (nSPS) is 10.7. The van der Waals surface area contributed by atoms with Gasteiger partial charge in [0.25, 0.3) is 5.91 Å². The third-order valence-electron chi connectivity index (χ3n) is 3.28. The summed E-state index contributed by atoms with van der Waals surface area (Å²) in [5.41, 5.74) is 3.59. The summed E-state index contributed by atoms with van der Waals surface area (Å²) >= 11 is 7.17. The van der Waals surface area contributed by atoms with E-state index in [-0.39, 0.29) is 5.91 Å². The molecule has 0 aliphatic heterocycles. The van der Waals surface area contributed by atoms with Gasteiger partial charge in [0.05, 0.1) is 6.21 Å². The van der Waals surface area contributed by atoms with E-state index in [0.29, 0.717) is 21.2 Å². The molecule has 2 aromatic carbocycles. The maximum atomic E-state index is 11.9. The Morgan fingerprint density at radius 1 is 1.08 bits per heavy atom. The second kappa shape index (κ2) is 8.42. The van der Waals surface area contributed by atoms with Crippen LogP contribution in [0, 0.1) is 0 Å². The predicted molar refractivity (Wildman–Crippen MR) is 102 cm³/mol. The highest BCUT2D eigenvalue weighted by atomic mass is 35.5. The number of carbonyl (C=O) groups excluding carboxylic acids is 2. The number of nitrogens with zero attached hydrogens (tertiary/aromatic N) is 1. The molecule has 1 amide bonds. The number of nitrogens with one attached hydrogen (secondary N) is 1. The van der Waals surface area contributed by atoms with Gasteiger partial charge >= 0.3 is 5.97 Å². The van der Waals surface area contributed by atoms with Crippen molar-refractivity contribution in [2.75, 3.05) is 0 Å². The molecule has 1 heterocycles. The number of rotatable bonds is 5. The maximum Gasteiger partial charge on any atom is 0.353 e. The van der Waals surface area contributed by atoms with Gasteiger partial charge in [-0.1, -0.05) is 23.7 Å². The monoisotopic (exact) mass is 384 g/mol. The van der Waals surface area contributed by atoms with E-state index in [0.717, 1.165) is 5.56 Å². The summed E-state index contributed by atoms with van der Waals surface area (Å²) in [5, 5.41) is 6.20. The Balaban J connectivity index is 1.56. The van der Waals surface area contributed by atoms with Crippen LogP contribution in [0.1, 0.15) is 25.6 Å². The standard InChI is InChI=1S/C19H13ClN2O3S/c20-15-4-1-3-14(11-15)18(23)22-21-12-13-6-8-16(9-7-13)25-19(24)17-5-2-10-26-17/h1-12H,(H,22,23)/b21-12-. The number of halogens is 1. The van der Waals surface area contributed by atoms with Crippen molar-refractivity contribution in [3.63, 3.8) is 0 Å². The minimum Gasteiger partial charge on any atom is -0.422 e. The minimum atomic E-state index is -0.393. The number of esters is 1. The number of ether oxygens (including phenoxy) is 1. The van der Waals surface area contributed by atoms with Crippen LogP contribution >= 0.6 is 22.9 Å². The Morgan fingerprint density at radius 3 is 2.58 bits per heavy atom. The predicted octanol–water partition coefficient (Wildman–Crippen LogP) is 4.38. The van der Waals surface area contributed by atoms with Crippen molar-refractivity contribution in [3.05, 3.63) is 87.1 Å². The molecular formula is C19H13ClN2O3S. The lowest BCUT2D eigenvalue weighted by Gasteiger charge is -2.03. The van der Waals surface area contributed by atoms with Gasteiger partial charge in [-0.2, -0.15) is 5.10 Å². The summed E-state index contributed by atoms with van der Waals surface area (Å²) in [4.78, 5) is 24.3. The minimum absolute atomic E-state index is 0.356. The molecule has 3 rings (SSSR count). The first-order valence-electron chi connectivity index (χ1n) is 7.56. The zero-order chi connectivity index (χ0) is 18.4. The van der Waals surface area contributed by atoms with E-state index in [4.69, 9.17) is 16.3 Å². The first kappa shape index (κ1) is 17.8. The van der Waals surface area contributed by atoms with E-state index in [1.54, 1.807) is 60.7 Å². The molecule has 0 unspecified atom stereocenters. The Morgan fingerprint density at radius 2 is 1.88 bits per heavy atom. The molecule has 26 heavy (non-hydrogen) atoms. The van der Waals surface area contributed by atoms with Gasteiger partial charge in [-0.15, -0.1) is 11.3 Å². The van der Waals surface area contributed by atoms with Crippen molar-refractivity contribution in [3.8, 4) is 5.75 Å². The van der Waals surface area contributed by atoms with Gasteiger partial charge in [0.1, 0.15) is 10.6 Å². The zero-order valence-corrected chi connectivity index (χ0v) is 15.0. The Hall–Kier alpha value is -2.96. The number of hydrogen-bond acceptors (Lipinski definition) is 5. The van der Waals surface area contributed by atoms with E-state index in [1.807, 2.05) is 5.38 Å². The Bertz CT molecular complexity index is 938. The van der Waals surface area contributed by atoms with Crippen LogP contribution in [0.25, 0.3) is 0 Å². The summed E-state index contributed by atoms with van der Waals surface area (Å²) in [6, 6.07) is 16.9. The van der Waals surface area contributed by atoms with Crippen molar-refractivity contribution in [2.45, 2.75) is 0 Å². The van der Waals surface area contributed by atoms with E-state index in [9.17, 15) is 9.59 Å². The highest BCUT2D eigenvalue weighted by Crippen LogP contribution is 2.16. The van der Waals surface area contributed by atoms with Crippen LogP contribution in [0.3, 0.4) is 0 Å². The third-order valence-corrected chi connectivity index (χ3v) is 4.36. The molecule has 0 aliphatic carbocycles. The molecule has 7 heteroatoms. The van der Waals surface area contributed by atoms with E-state index in [1.165, 1.54) is 17.6 Å². The first-order chi connectivity index (χ1) is 12.6. The molecular weight excluding hydrogens is 372 g/mol. The van der Waals surface area contributed by atoms with Crippen molar-refractivity contribution in [1.82, 2.24) is 5.43 Å². The molecule has 0 saturated heterocycles. The number of thiophene rings is 1. The van der Waals surface area contributed by atoms with Crippen LogP contribution in [0.5, 0.6) is 5.75 Å². The van der Waals surface area contributed by atoms with Crippen molar-refractivity contribution < 1.29 is 14.3 Å². The number of carbonyl (C=O) groups is 2. The van der Waals surface area contributed by atoms with E-state index < -0.39 is 5.97 Å². The molecule has 0 atom stereocenters. The van der Waals surface area contributed by atoms with E-state index >= 15 is 0 Å². The average molecular weight is 385 g/mol. The van der Waals surface area contributed by atoms with Crippen LogP contribution in [0.2, 0.25) is 5.02 Å². The van der Waals surface area contributed by atoms with Gasteiger partial charge in [0, 0.05) is 10.6 Å². The van der Waals surface area contributed by atoms with Gasteiger partial charge in [-0.3, -0.25) is 4.79 Å². The summed E-state index contributed by atoms with van der Waals surface area (Å²) in [5.74, 6) is -0.316. The lowest BCUT2D eigenvalue weighted by molar-refractivity contribution is 0.0739. The van der Waals surface area contributed by atoms with Crippen LogP contribution in [-0.4, -0.2) is 18.1 Å². The summed E-state index contributed by atoms with van der Waals surface area (Å²) in [7, 11) is 0. The summed E-state index contributed by atoms with van der Waals surface area (Å²) in [6.07, 6.45) is 1.49. The largest absolute Gasteiger partial charge is 0.422 e. The van der Waals surface area contributed by atoms with Crippen molar-refractivity contribution >= 4 is 41.0 Å². The number of amides is 1. The van der Waals surface area contributed by atoms with Crippen molar-refractivity contribution in [1.29, 1.82) is 0 Å². The van der Waals surface area contributed by atoms with Crippen LogP contribution < -0.4 is 10.2 Å². The maximum absolute atomic E-state index is 11.9. The molecule has 1 aromatic heterocycles. The fraction of sp³-hybridized carbons (Fsp3) is 0.